The van der Waals surface area contributed by atoms with E-state index in [1.165, 1.54) is 4.90 Å². The first-order chi connectivity index (χ1) is 23.8. The number of sulfone groups is 1. The van der Waals surface area contributed by atoms with Gasteiger partial charge < -0.3 is 30.9 Å². The highest BCUT2D eigenvalue weighted by atomic mass is 32.2. The Morgan fingerprint density at radius 1 is 0.941 bits per heavy atom. The van der Waals surface area contributed by atoms with Crippen molar-refractivity contribution in [2.24, 2.45) is 17.3 Å². The van der Waals surface area contributed by atoms with Gasteiger partial charge in [0.25, 0.3) is 5.91 Å². The van der Waals surface area contributed by atoms with E-state index in [2.05, 4.69) is 21.3 Å². The fourth-order valence-corrected chi connectivity index (χ4v) is 9.95. The second kappa shape index (κ2) is 16.5. The van der Waals surface area contributed by atoms with Gasteiger partial charge in [-0.05, 0) is 75.5 Å². The molecule has 2 saturated carbocycles. The maximum atomic E-state index is 14.5. The van der Waals surface area contributed by atoms with Crippen molar-refractivity contribution >= 4 is 39.4 Å². The van der Waals surface area contributed by atoms with E-state index in [-0.39, 0.29) is 30.1 Å². The van der Waals surface area contributed by atoms with E-state index in [0.29, 0.717) is 58.3 Å². The Morgan fingerprint density at radius 3 is 2.12 bits per heavy atom. The van der Waals surface area contributed by atoms with Crippen LogP contribution in [0.3, 0.4) is 0 Å². The van der Waals surface area contributed by atoms with Gasteiger partial charge in [-0.15, -0.1) is 0 Å². The van der Waals surface area contributed by atoms with E-state index < -0.39 is 73.2 Å². The predicted molar refractivity (Wildman–Crippen MR) is 194 cm³/mol. The number of likely N-dealkylation sites (tertiary alicyclic amines) is 1. The average molecular weight is 738 g/mol. The average Bonchev–Trinajstić information content (AvgIpc) is 3.75. The highest BCUT2D eigenvalue weighted by Crippen LogP contribution is 2.37. The highest BCUT2D eigenvalue weighted by molar-refractivity contribution is 7.92. The van der Waals surface area contributed by atoms with Crippen molar-refractivity contribution in [3.8, 4) is 0 Å². The van der Waals surface area contributed by atoms with Crippen molar-refractivity contribution in [2.75, 3.05) is 25.5 Å². The summed E-state index contributed by atoms with van der Waals surface area (Å²) in [6.45, 7) is 14.3. The van der Waals surface area contributed by atoms with Crippen LogP contribution in [0.5, 0.6) is 0 Å². The molecule has 2 heterocycles. The van der Waals surface area contributed by atoms with E-state index in [9.17, 15) is 32.4 Å². The van der Waals surface area contributed by atoms with Gasteiger partial charge >= 0.3 is 6.03 Å². The SMILES string of the molecule is CCC[C@H](NC(=O)[C@@H]1C[C@@H](C(C)C)CN1C(=O)[C@@H](NC(=O)NC1(CS(=O)(=O)C2(C)CCOCC2)CCCCC1)C(C)(C)C)C(=O)C(=O)NC1CC1. The third kappa shape index (κ3) is 10.2. The summed E-state index contributed by atoms with van der Waals surface area (Å²) in [6, 6.07) is -3.56. The number of amides is 5. The largest absolute Gasteiger partial charge is 0.381 e. The Morgan fingerprint density at radius 2 is 1.57 bits per heavy atom. The highest BCUT2D eigenvalue weighted by Gasteiger charge is 2.49. The molecule has 4 aliphatic rings. The Labute approximate surface area is 304 Å². The molecule has 2 aliphatic carbocycles. The van der Waals surface area contributed by atoms with Gasteiger partial charge in [-0.25, -0.2) is 13.2 Å². The lowest BCUT2D eigenvalue weighted by molar-refractivity contribution is -0.144. The van der Waals surface area contributed by atoms with E-state index >= 15 is 0 Å². The van der Waals surface area contributed by atoms with Gasteiger partial charge in [0.15, 0.2) is 9.84 Å². The van der Waals surface area contributed by atoms with Gasteiger partial charge in [-0.3, -0.25) is 19.2 Å². The minimum absolute atomic E-state index is 0.0000894. The maximum Gasteiger partial charge on any atom is 0.315 e. The van der Waals surface area contributed by atoms with E-state index in [1.807, 2.05) is 41.5 Å². The molecule has 13 nitrogen and oxygen atoms in total. The number of Topliss-reactive ketones (excluding diaryl/α,β-unsaturated/α-hetero) is 1. The summed E-state index contributed by atoms with van der Waals surface area (Å²) in [6.07, 6.45) is 7.24. The standard InChI is InChI=1S/C37H63N5O8S/c1-8-12-27(29(43)32(45)38-26-13-14-26)39-31(44)28-21-25(24(2)3)22-42(28)33(46)30(35(4,5)6)40-34(47)41-37(15-10-9-11-16-37)23-51(48,49)36(7)17-19-50-20-18-36/h24-28,30H,8-23H2,1-7H3,(H,38,45)(H,39,44)(H2,40,41,47)/t25-,27+,28+,30-/m1/s1. The summed E-state index contributed by atoms with van der Waals surface area (Å²) in [4.78, 5) is 69.5. The summed E-state index contributed by atoms with van der Waals surface area (Å²) in [5.41, 5.74) is -1.74. The molecule has 0 spiro atoms. The van der Waals surface area contributed by atoms with Crippen LogP contribution < -0.4 is 21.3 Å². The fraction of sp³-hybridized carbons (Fsp3) is 0.865. The Kier molecular flexibility index (Phi) is 13.3. The summed E-state index contributed by atoms with van der Waals surface area (Å²) in [7, 11) is -3.62. The van der Waals surface area contributed by atoms with Crippen LogP contribution in [0, 0.1) is 17.3 Å². The van der Waals surface area contributed by atoms with Crippen molar-refractivity contribution in [1.29, 1.82) is 0 Å². The molecule has 0 bridgehead atoms. The van der Waals surface area contributed by atoms with E-state index in [1.54, 1.807) is 6.92 Å². The second-order valence-electron chi connectivity index (χ2n) is 17.3. The van der Waals surface area contributed by atoms with Gasteiger partial charge in [0.2, 0.25) is 17.6 Å². The fourth-order valence-electron chi connectivity index (χ4n) is 7.72. The van der Waals surface area contributed by atoms with Crippen LogP contribution in [-0.2, 0) is 33.8 Å². The first kappa shape index (κ1) is 41.0. The first-order valence-corrected chi connectivity index (χ1v) is 20.8. The summed E-state index contributed by atoms with van der Waals surface area (Å²) in [5, 5.41) is 11.5. The topological polar surface area (TPSA) is 180 Å². The molecular formula is C37H63N5O8S. The van der Waals surface area contributed by atoms with Crippen LogP contribution >= 0.6 is 0 Å². The van der Waals surface area contributed by atoms with E-state index in [0.717, 1.165) is 32.1 Å². The zero-order valence-corrected chi connectivity index (χ0v) is 32.7. The smallest absolute Gasteiger partial charge is 0.315 e. The summed E-state index contributed by atoms with van der Waals surface area (Å²) < 4.78 is 32.3. The molecule has 0 aromatic heterocycles. The molecule has 5 amide bonds. The lowest BCUT2D eigenvalue weighted by atomic mass is 9.83. The molecule has 14 heteroatoms. The van der Waals surface area contributed by atoms with Gasteiger partial charge in [-0.2, -0.15) is 0 Å². The number of nitrogens with one attached hydrogen (secondary N) is 4. The van der Waals surface area contributed by atoms with Crippen LogP contribution in [0.15, 0.2) is 0 Å². The molecular weight excluding hydrogens is 675 g/mol. The maximum absolute atomic E-state index is 14.5. The zero-order chi connectivity index (χ0) is 37.8. The molecule has 0 unspecified atom stereocenters. The van der Waals surface area contributed by atoms with Crippen LogP contribution in [0.25, 0.3) is 0 Å². The molecule has 290 valence electrons. The third-order valence-electron chi connectivity index (χ3n) is 11.6. The lowest BCUT2D eigenvalue weighted by Gasteiger charge is -2.42. The molecule has 51 heavy (non-hydrogen) atoms. The van der Waals surface area contributed by atoms with Crippen LogP contribution in [0.4, 0.5) is 4.79 Å². The Bertz CT molecular complexity index is 1390. The van der Waals surface area contributed by atoms with Crippen molar-refractivity contribution in [1.82, 2.24) is 26.2 Å². The van der Waals surface area contributed by atoms with Crippen LogP contribution in [0.1, 0.15) is 126 Å². The predicted octanol–water partition coefficient (Wildman–Crippen LogP) is 3.39. The van der Waals surface area contributed by atoms with Crippen molar-refractivity contribution in [3.05, 3.63) is 0 Å². The van der Waals surface area contributed by atoms with Gasteiger partial charge in [0, 0.05) is 25.8 Å². The van der Waals surface area contributed by atoms with Gasteiger partial charge in [0.05, 0.1) is 22.1 Å². The number of ether oxygens (including phenoxy) is 1. The summed E-state index contributed by atoms with van der Waals surface area (Å²) in [5.74, 6) is -2.34. The number of rotatable bonds is 14. The second-order valence-corrected chi connectivity index (χ2v) is 19.8. The van der Waals surface area contributed by atoms with Crippen molar-refractivity contribution in [3.63, 3.8) is 0 Å². The molecule has 0 aromatic rings. The van der Waals surface area contributed by atoms with E-state index in [4.69, 9.17) is 4.74 Å². The summed E-state index contributed by atoms with van der Waals surface area (Å²) >= 11 is 0. The number of carbonyl (C=O) groups excluding carboxylic acids is 5. The lowest BCUT2D eigenvalue weighted by Crippen LogP contribution is -2.64. The minimum atomic E-state index is -3.62. The number of nitrogens with zero attached hydrogens (tertiary/aromatic N) is 1. The Balaban J connectivity index is 1.53. The first-order valence-electron chi connectivity index (χ1n) is 19.2. The molecule has 4 N–H and O–H groups in total. The molecule has 2 saturated heterocycles. The number of hydrogen-bond donors (Lipinski definition) is 4. The monoisotopic (exact) mass is 737 g/mol. The number of ketones is 1. The molecule has 4 rings (SSSR count). The number of urea groups is 1. The van der Waals surface area contributed by atoms with Crippen molar-refractivity contribution < 1.29 is 37.1 Å². The number of hydrogen-bond acceptors (Lipinski definition) is 8. The quantitative estimate of drug-likeness (QED) is 0.196. The normalized spacial score (nSPS) is 24.7. The molecule has 4 atom stereocenters. The van der Waals surface area contributed by atoms with Crippen molar-refractivity contribution in [2.45, 2.75) is 160 Å². The van der Waals surface area contributed by atoms with Crippen LogP contribution in [0.2, 0.25) is 0 Å². The third-order valence-corrected chi connectivity index (χ3v) is 14.4. The molecule has 4 fully saturated rings. The number of carbonyl (C=O) groups is 5. The molecule has 2 aliphatic heterocycles. The minimum Gasteiger partial charge on any atom is -0.381 e. The zero-order valence-electron chi connectivity index (χ0n) is 31.9. The molecule has 0 aromatic carbocycles. The van der Waals surface area contributed by atoms with Crippen LogP contribution in [-0.4, -0.2) is 103 Å². The van der Waals surface area contributed by atoms with Gasteiger partial charge in [0.1, 0.15) is 12.1 Å². The molecule has 0 radical (unpaired) electrons. The van der Waals surface area contributed by atoms with Gasteiger partial charge in [-0.1, -0.05) is 67.2 Å². The Hall–Kier alpha value is -2.74.